The lowest BCUT2D eigenvalue weighted by Crippen LogP contribution is -2.32. The van der Waals surface area contributed by atoms with Crippen molar-refractivity contribution in [2.75, 3.05) is 5.73 Å². The minimum absolute atomic E-state index is 0.203. The van der Waals surface area contributed by atoms with E-state index >= 15 is 0 Å². The number of rotatable bonds is 3. The molecule has 1 atom stereocenters. The summed E-state index contributed by atoms with van der Waals surface area (Å²) in [6, 6.07) is 5.70. The van der Waals surface area contributed by atoms with Crippen LogP contribution in [0.5, 0.6) is 0 Å². The average Bonchev–Trinajstić information content (AvgIpc) is 2.53. The van der Waals surface area contributed by atoms with Crippen LogP contribution in [-0.2, 0) is 0 Å². The van der Waals surface area contributed by atoms with E-state index in [1.165, 1.54) is 17.0 Å². The van der Waals surface area contributed by atoms with Gasteiger partial charge in [0.15, 0.2) is 0 Å². The Labute approximate surface area is 146 Å². The van der Waals surface area contributed by atoms with Crippen molar-refractivity contribution in [3.63, 3.8) is 0 Å². The molecule has 1 amide bonds. The smallest absolute Gasteiger partial charge is 0.405 e. The Morgan fingerprint density at radius 1 is 1.40 bits per heavy atom. The van der Waals surface area contributed by atoms with E-state index in [9.17, 15) is 9.59 Å². The van der Waals surface area contributed by atoms with E-state index in [0.29, 0.717) is 16.9 Å². The number of nitrogens with one attached hydrogen (secondary N) is 1. The molecule has 1 aromatic carbocycles. The van der Waals surface area contributed by atoms with Gasteiger partial charge >= 0.3 is 6.09 Å². The van der Waals surface area contributed by atoms with Crippen molar-refractivity contribution in [2.45, 2.75) is 13.0 Å². The first kappa shape index (κ1) is 16.7. The number of pyridine rings is 1. The van der Waals surface area contributed by atoms with Crippen LogP contribution in [0.25, 0.3) is 16.6 Å². The highest BCUT2D eigenvalue weighted by molar-refractivity contribution is 6.35. The highest BCUT2D eigenvalue weighted by atomic mass is 35.5. The Hall–Kier alpha value is -3.13. The highest BCUT2D eigenvalue weighted by Gasteiger charge is 2.20. The van der Waals surface area contributed by atoms with Crippen LogP contribution >= 0.6 is 11.6 Å². The van der Waals surface area contributed by atoms with E-state index in [-0.39, 0.29) is 16.2 Å². The van der Waals surface area contributed by atoms with Crippen LogP contribution in [0.4, 0.5) is 10.5 Å². The summed E-state index contributed by atoms with van der Waals surface area (Å²) in [7, 11) is 0. The normalized spacial score (nSPS) is 12.1. The Bertz CT molecular complexity index is 1030. The molecule has 8 nitrogen and oxygen atoms in total. The third kappa shape index (κ3) is 3.11. The number of hydrogen-bond acceptors (Lipinski definition) is 5. The fourth-order valence-electron chi connectivity index (χ4n) is 2.56. The topological polar surface area (TPSA) is 123 Å². The fourth-order valence-corrected chi connectivity index (χ4v) is 2.81. The number of aromatic nitrogens is 3. The molecule has 0 fully saturated rings. The predicted octanol–water partition coefficient (Wildman–Crippen LogP) is 2.34. The number of hydrogen-bond donors (Lipinski definition) is 3. The fraction of sp³-hybridized carbons (Fsp3) is 0.125. The molecule has 0 bridgehead atoms. The zero-order valence-electron chi connectivity index (χ0n) is 13.1. The maximum absolute atomic E-state index is 13.1. The highest BCUT2D eigenvalue weighted by Crippen LogP contribution is 2.23. The third-order valence-corrected chi connectivity index (χ3v) is 3.92. The molecule has 3 rings (SSSR count). The molecule has 0 unspecified atom stereocenters. The van der Waals surface area contributed by atoms with Gasteiger partial charge in [-0.2, -0.15) is 0 Å². The third-order valence-electron chi connectivity index (χ3n) is 3.60. The van der Waals surface area contributed by atoms with E-state index in [2.05, 4.69) is 15.3 Å². The molecule has 2 heterocycles. The van der Waals surface area contributed by atoms with E-state index in [0.717, 1.165) is 0 Å². The Morgan fingerprint density at radius 2 is 2.16 bits per heavy atom. The Balaban J connectivity index is 2.38. The van der Waals surface area contributed by atoms with Gasteiger partial charge in [-0.25, -0.2) is 9.78 Å². The van der Waals surface area contributed by atoms with Crippen LogP contribution in [0.2, 0.25) is 5.02 Å². The standard InChI is InChI=1S/C16H14ClN5O3/c1-8(20-16(24)25)14-21-12-4-2-3-11(17)13(12)15(23)22(14)10-5-9(18)6-19-7-10/h2-8,20H,18H2,1H3,(H,24,25)/t8-/m0/s1. The van der Waals surface area contributed by atoms with Crippen LogP contribution in [0.1, 0.15) is 18.8 Å². The number of benzene rings is 1. The van der Waals surface area contributed by atoms with E-state index in [4.69, 9.17) is 22.4 Å². The van der Waals surface area contributed by atoms with Gasteiger partial charge < -0.3 is 16.2 Å². The number of carbonyl (C=O) groups is 1. The van der Waals surface area contributed by atoms with Gasteiger partial charge in [-0.1, -0.05) is 17.7 Å². The van der Waals surface area contributed by atoms with Crippen molar-refractivity contribution in [1.29, 1.82) is 0 Å². The maximum atomic E-state index is 13.1. The second-order valence-corrected chi connectivity index (χ2v) is 5.80. The van der Waals surface area contributed by atoms with Crippen LogP contribution in [0, 0.1) is 0 Å². The van der Waals surface area contributed by atoms with Gasteiger partial charge in [0.25, 0.3) is 5.56 Å². The first-order valence-corrected chi connectivity index (χ1v) is 7.68. The first-order chi connectivity index (χ1) is 11.9. The second kappa shape index (κ2) is 6.40. The molecule has 128 valence electrons. The number of fused-ring (bicyclic) bond motifs is 1. The van der Waals surface area contributed by atoms with Gasteiger partial charge in [0.2, 0.25) is 0 Å². The van der Waals surface area contributed by atoms with Crippen molar-refractivity contribution in [1.82, 2.24) is 19.9 Å². The summed E-state index contributed by atoms with van der Waals surface area (Å²) in [6.07, 6.45) is 1.65. The van der Waals surface area contributed by atoms with Gasteiger partial charge in [0.1, 0.15) is 5.82 Å². The van der Waals surface area contributed by atoms with E-state index < -0.39 is 17.7 Å². The van der Waals surface area contributed by atoms with E-state index in [1.807, 2.05) is 0 Å². The summed E-state index contributed by atoms with van der Waals surface area (Å²) in [5, 5.41) is 11.8. The molecule has 0 aliphatic heterocycles. The average molecular weight is 360 g/mol. The molecule has 0 saturated heterocycles. The van der Waals surface area contributed by atoms with Crippen LogP contribution in [-0.4, -0.2) is 25.7 Å². The zero-order chi connectivity index (χ0) is 18.1. The monoisotopic (exact) mass is 359 g/mol. The second-order valence-electron chi connectivity index (χ2n) is 5.39. The molecule has 3 aromatic rings. The van der Waals surface area contributed by atoms with E-state index in [1.54, 1.807) is 31.2 Å². The van der Waals surface area contributed by atoms with Gasteiger partial charge in [-0.15, -0.1) is 0 Å². The lowest BCUT2D eigenvalue weighted by atomic mass is 10.2. The molecular formula is C16H14ClN5O3. The molecular weight excluding hydrogens is 346 g/mol. The summed E-state index contributed by atoms with van der Waals surface area (Å²) in [5.41, 5.74) is 6.43. The van der Waals surface area contributed by atoms with Crippen LogP contribution in [0.15, 0.2) is 41.5 Å². The number of nitrogens with two attached hydrogens (primary N) is 1. The van der Waals surface area contributed by atoms with Crippen molar-refractivity contribution >= 4 is 34.3 Å². The van der Waals surface area contributed by atoms with Gasteiger partial charge in [-0.05, 0) is 25.1 Å². The minimum Gasteiger partial charge on any atom is -0.465 e. The molecule has 0 radical (unpaired) electrons. The molecule has 0 aliphatic rings. The SMILES string of the molecule is C[C@H](NC(=O)O)c1nc2cccc(Cl)c2c(=O)n1-c1cncc(N)c1. The van der Waals surface area contributed by atoms with Crippen molar-refractivity contribution in [3.05, 3.63) is 57.9 Å². The Kier molecular flexibility index (Phi) is 4.28. The number of halogens is 1. The lowest BCUT2D eigenvalue weighted by Gasteiger charge is -2.18. The molecule has 25 heavy (non-hydrogen) atoms. The summed E-state index contributed by atoms with van der Waals surface area (Å²) in [5.74, 6) is 0.203. The summed E-state index contributed by atoms with van der Waals surface area (Å²) >= 11 is 6.17. The zero-order valence-corrected chi connectivity index (χ0v) is 13.9. The molecule has 2 aromatic heterocycles. The maximum Gasteiger partial charge on any atom is 0.405 e. The molecule has 4 N–H and O–H groups in total. The molecule has 9 heteroatoms. The van der Waals surface area contributed by atoms with Crippen molar-refractivity contribution < 1.29 is 9.90 Å². The molecule has 0 saturated carbocycles. The number of carboxylic acid groups (broad SMARTS) is 1. The first-order valence-electron chi connectivity index (χ1n) is 7.30. The molecule has 0 aliphatic carbocycles. The van der Waals surface area contributed by atoms with Gasteiger partial charge in [0, 0.05) is 6.20 Å². The van der Waals surface area contributed by atoms with Crippen molar-refractivity contribution in [3.8, 4) is 5.69 Å². The summed E-state index contributed by atoms with van der Waals surface area (Å²) < 4.78 is 1.26. The van der Waals surface area contributed by atoms with Crippen LogP contribution in [0.3, 0.4) is 0 Å². The van der Waals surface area contributed by atoms with Crippen LogP contribution < -0.4 is 16.6 Å². The quantitative estimate of drug-likeness (QED) is 0.659. The molecule has 0 spiro atoms. The predicted molar refractivity (Wildman–Crippen MR) is 94.1 cm³/mol. The lowest BCUT2D eigenvalue weighted by molar-refractivity contribution is 0.190. The number of nitrogens with zero attached hydrogens (tertiary/aromatic N) is 3. The van der Waals surface area contributed by atoms with Gasteiger partial charge in [0.05, 0.1) is 39.5 Å². The minimum atomic E-state index is -1.23. The number of anilines is 1. The largest absolute Gasteiger partial charge is 0.465 e. The number of nitrogen functional groups attached to an aromatic ring is 1. The van der Waals surface area contributed by atoms with Gasteiger partial charge in [-0.3, -0.25) is 14.3 Å². The van der Waals surface area contributed by atoms with Crippen molar-refractivity contribution in [2.24, 2.45) is 0 Å². The summed E-state index contributed by atoms with van der Waals surface area (Å²) in [4.78, 5) is 32.5. The Morgan fingerprint density at radius 3 is 2.84 bits per heavy atom. The number of amides is 1. The summed E-state index contributed by atoms with van der Waals surface area (Å²) in [6.45, 7) is 1.59.